The molecule has 1 heterocycles. The summed E-state index contributed by atoms with van der Waals surface area (Å²) in [4.78, 5) is 7.90. The fourth-order valence-corrected chi connectivity index (χ4v) is 1.91. The molecule has 0 aliphatic carbocycles. The van der Waals surface area contributed by atoms with E-state index in [0.717, 1.165) is 12.1 Å². The minimum Gasteiger partial charge on any atom is -0.457 e. The van der Waals surface area contributed by atoms with E-state index < -0.39 is 17.3 Å². The van der Waals surface area contributed by atoms with Crippen molar-refractivity contribution in [3.05, 3.63) is 58.4 Å². The maximum Gasteiger partial charge on any atom is 0.317 e. The molecule has 9 heteroatoms. The summed E-state index contributed by atoms with van der Waals surface area (Å²) in [5.41, 5.74) is 6.14. The summed E-state index contributed by atoms with van der Waals surface area (Å²) in [7, 11) is 0. The van der Waals surface area contributed by atoms with Gasteiger partial charge in [0.05, 0.1) is 28.2 Å². The monoisotopic (exact) mass is 372 g/mol. The second-order valence-electron chi connectivity index (χ2n) is 5.32. The molecule has 0 bridgehead atoms. The third-order valence-corrected chi connectivity index (χ3v) is 3.50. The number of ether oxygens (including phenoxy) is 1. The molecule has 0 spiro atoms. The van der Waals surface area contributed by atoms with Crippen molar-refractivity contribution in [1.82, 2.24) is 9.97 Å². The van der Waals surface area contributed by atoms with Crippen LogP contribution in [0.3, 0.4) is 0 Å². The molecule has 0 aliphatic heterocycles. The molecule has 0 fully saturated rings. The van der Waals surface area contributed by atoms with E-state index in [4.69, 9.17) is 22.1 Å². The van der Waals surface area contributed by atoms with Crippen molar-refractivity contribution < 1.29 is 17.9 Å². The lowest BCUT2D eigenvalue weighted by Crippen LogP contribution is -2.13. The molecule has 5 nitrogen and oxygen atoms in total. The van der Waals surface area contributed by atoms with Crippen molar-refractivity contribution in [2.24, 2.45) is 5.73 Å². The molecule has 0 aliphatic rings. The van der Waals surface area contributed by atoms with E-state index in [0.29, 0.717) is 17.6 Å². The number of aryl methyl sites for hydroxylation is 1. The zero-order valence-electron chi connectivity index (χ0n) is 13.5. The summed E-state index contributed by atoms with van der Waals surface area (Å²) in [6, 6.07) is 3.40. The standard InChI is InChI=1S/C16H16ClF3N4O/c1-9-13(17)7-23-15(24-9)25-8-10(21)6-22-11-3-4-14(18)12(5-11)16(2,19)20/h3-7,22H,8,21H2,1-2H3/b10-6-. The Morgan fingerprint density at radius 2 is 2.16 bits per heavy atom. The van der Waals surface area contributed by atoms with Crippen LogP contribution in [0.1, 0.15) is 18.2 Å². The lowest BCUT2D eigenvalue weighted by atomic mass is 10.1. The summed E-state index contributed by atoms with van der Waals surface area (Å²) in [5, 5.41) is 3.13. The van der Waals surface area contributed by atoms with Crippen LogP contribution in [-0.4, -0.2) is 16.6 Å². The van der Waals surface area contributed by atoms with Crippen molar-refractivity contribution in [2.45, 2.75) is 19.8 Å². The maximum absolute atomic E-state index is 13.4. The summed E-state index contributed by atoms with van der Waals surface area (Å²) in [6.45, 7) is 2.29. The second kappa shape index (κ2) is 7.60. The van der Waals surface area contributed by atoms with Gasteiger partial charge >= 0.3 is 6.01 Å². The highest BCUT2D eigenvalue weighted by Gasteiger charge is 2.28. The number of alkyl halides is 2. The first-order valence-corrected chi connectivity index (χ1v) is 7.55. The van der Waals surface area contributed by atoms with Gasteiger partial charge in [-0.15, -0.1) is 0 Å². The van der Waals surface area contributed by atoms with Gasteiger partial charge in [-0.2, -0.15) is 4.98 Å². The van der Waals surface area contributed by atoms with Crippen LogP contribution in [0.4, 0.5) is 18.9 Å². The third kappa shape index (κ3) is 5.25. The van der Waals surface area contributed by atoms with Crippen LogP contribution in [0, 0.1) is 12.7 Å². The Morgan fingerprint density at radius 1 is 1.44 bits per heavy atom. The van der Waals surface area contributed by atoms with Gasteiger partial charge in [0, 0.05) is 18.8 Å². The topological polar surface area (TPSA) is 73.1 Å². The van der Waals surface area contributed by atoms with Gasteiger partial charge in [0.15, 0.2) is 0 Å². The van der Waals surface area contributed by atoms with E-state index in [1.807, 2.05) is 0 Å². The molecule has 0 atom stereocenters. The number of rotatable bonds is 6. The fraction of sp³-hybridized carbons (Fsp3) is 0.250. The SMILES string of the molecule is Cc1nc(OC/C(N)=C/Nc2ccc(F)c(C(C)(F)F)c2)ncc1Cl. The molecule has 3 N–H and O–H groups in total. The number of benzene rings is 1. The molecule has 2 rings (SSSR count). The highest BCUT2D eigenvalue weighted by Crippen LogP contribution is 2.31. The van der Waals surface area contributed by atoms with Crippen LogP contribution in [0.2, 0.25) is 5.02 Å². The van der Waals surface area contributed by atoms with Crippen molar-refractivity contribution in [1.29, 1.82) is 0 Å². The Kier molecular flexibility index (Phi) is 5.73. The largest absolute Gasteiger partial charge is 0.457 e. The quantitative estimate of drug-likeness (QED) is 0.802. The summed E-state index contributed by atoms with van der Waals surface area (Å²) >= 11 is 5.81. The molecular weight excluding hydrogens is 357 g/mol. The Morgan fingerprint density at radius 3 is 2.80 bits per heavy atom. The molecule has 0 saturated carbocycles. The first-order chi connectivity index (χ1) is 11.7. The predicted octanol–water partition coefficient (Wildman–Crippen LogP) is 3.98. The Hall–Kier alpha value is -2.48. The summed E-state index contributed by atoms with van der Waals surface area (Å²) in [6.07, 6.45) is 2.76. The minimum atomic E-state index is -3.29. The molecule has 1 aromatic carbocycles. The van der Waals surface area contributed by atoms with Crippen molar-refractivity contribution in [3.63, 3.8) is 0 Å². The number of anilines is 1. The Balaban J connectivity index is 2.00. The van der Waals surface area contributed by atoms with Gasteiger partial charge in [-0.05, 0) is 25.1 Å². The molecule has 0 unspecified atom stereocenters. The molecule has 2 aromatic rings. The van der Waals surface area contributed by atoms with Crippen molar-refractivity contribution >= 4 is 17.3 Å². The second-order valence-corrected chi connectivity index (χ2v) is 5.73. The number of halogens is 4. The third-order valence-electron chi connectivity index (χ3n) is 3.13. The van der Waals surface area contributed by atoms with Crippen LogP contribution < -0.4 is 15.8 Å². The normalized spacial score (nSPS) is 12.2. The smallest absolute Gasteiger partial charge is 0.317 e. The number of hydrogen-bond donors (Lipinski definition) is 2. The van der Waals surface area contributed by atoms with Crippen LogP contribution in [-0.2, 0) is 5.92 Å². The molecular formula is C16H16ClF3N4O. The van der Waals surface area contributed by atoms with E-state index in [1.165, 1.54) is 18.5 Å². The number of nitrogens with one attached hydrogen (secondary N) is 1. The first-order valence-electron chi connectivity index (χ1n) is 7.17. The average Bonchev–Trinajstić information content (AvgIpc) is 2.54. The first kappa shape index (κ1) is 18.9. The van der Waals surface area contributed by atoms with Gasteiger partial charge in [-0.25, -0.2) is 18.2 Å². The van der Waals surface area contributed by atoms with Gasteiger partial charge < -0.3 is 15.8 Å². The highest BCUT2D eigenvalue weighted by atomic mass is 35.5. The lowest BCUT2D eigenvalue weighted by molar-refractivity contribution is 0.0138. The zero-order valence-corrected chi connectivity index (χ0v) is 14.2. The Bertz CT molecular complexity index is 793. The predicted molar refractivity (Wildman–Crippen MR) is 89.1 cm³/mol. The number of hydrogen-bond acceptors (Lipinski definition) is 5. The van der Waals surface area contributed by atoms with Crippen LogP contribution in [0.5, 0.6) is 6.01 Å². The van der Waals surface area contributed by atoms with Gasteiger partial charge in [0.1, 0.15) is 12.4 Å². The fourth-order valence-electron chi connectivity index (χ4n) is 1.82. The van der Waals surface area contributed by atoms with E-state index in [1.54, 1.807) is 6.92 Å². The number of aromatic nitrogens is 2. The Labute approximate surface area is 147 Å². The van der Waals surface area contributed by atoms with Gasteiger partial charge in [0.25, 0.3) is 5.92 Å². The number of nitrogens with zero attached hydrogens (tertiary/aromatic N) is 2. The van der Waals surface area contributed by atoms with Crippen LogP contribution in [0.25, 0.3) is 0 Å². The summed E-state index contributed by atoms with van der Waals surface area (Å²) in [5.74, 6) is -4.27. The van der Waals surface area contributed by atoms with E-state index in [9.17, 15) is 13.2 Å². The summed E-state index contributed by atoms with van der Waals surface area (Å²) < 4.78 is 45.4. The molecule has 25 heavy (non-hydrogen) atoms. The molecule has 0 saturated heterocycles. The zero-order chi connectivity index (χ0) is 18.6. The highest BCUT2D eigenvalue weighted by molar-refractivity contribution is 6.31. The molecule has 0 amide bonds. The van der Waals surface area contributed by atoms with E-state index in [2.05, 4.69) is 15.3 Å². The lowest BCUT2D eigenvalue weighted by Gasteiger charge is -2.13. The van der Waals surface area contributed by atoms with Crippen molar-refractivity contribution in [3.8, 4) is 6.01 Å². The van der Waals surface area contributed by atoms with Crippen LogP contribution >= 0.6 is 11.6 Å². The average molecular weight is 373 g/mol. The van der Waals surface area contributed by atoms with Crippen molar-refractivity contribution in [2.75, 3.05) is 11.9 Å². The van der Waals surface area contributed by atoms with E-state index in [-0.39, 0.29) is 24.0 Å². The molecule has 134 valence electrons. The van der Waals surface area contributed by atoms with E-state index >= 15 is 0 Å². The van der Waals surface area contributed by atoms with Gasteiger partial charge in [-0.1, -0.05) is 11.6 Å². The molecule has 0 radical (unpaired) electrons. The molecule has 1 aromatic heterocycles. The maximum atomic E-state index is 13.4. The van der Waals surface area contributed by atoms with Crippen LogP contribution in [0.15, 0.2) is 36.3 Å². The van der Waals surface area contributed by atoms with Gasteiger partial charge in [-0.3, -0.25) is 0 Å². The minimum absolute atomic E-state index is 0.0357. The van der Waals surface area contributed by atoms with Gasteiger partial charge in [0.2, 0.25) is 0 Å². The number of nitrogens with two attached hydrogens (primary N) is 1.